The Hall–Kier alpha value is -1.32. The van der Waals surface area contributed by atoms with E-state index in [2.05, 4.69) is 17.2 Å². The first-order chi connectivity index (χ1) is 10.2. The Balaban J connectivity index is 1.82. The topological polar surface area (TPSA) is 49.3 Å². The third-order valence-corrected chi connectivity index (χ3v) is 4.85. The fraction of sp³-hybridized carbons (Fsp3) is 0.267. The SMILES string of the molecule is O=C(NCCc1ccc(Cl)s1)c1ccc(C#CCCO)s1. The quantitative estimate of drug-likeness (QED) is 0.822. The van der Waals surface area contributed by atoms with Crippen molar-refractivity contribution < 1.29 is 9.90 Å². The standard InChI is InChI=1S/C15H14ClNO2S2/c16-14-7-5-12(21-14)8-9-17-15(19)13-6-4-11(20-13)3-1-2-10-18/h4-7,18H,2,8-10H2,(H,17,19). The molecular weight excluding hydrogens is 326 g/mol. The second kappa shape index (κ2) is 8.20. The van der Waals surface area contributed by atoms with E-state index in [0.717, 1.165) is 20.5 Å². The molecule has 110 valence electrons. The molecule has 2 N–H and O–H groups in total. The summed E-state index contributed by atoms with van der Waals surface area (Å²) in [6, 6.07) is 7.42. The van der Waals surface area contributed by atoms with Gasteiger partial charge < -0.3 is 10.4 Å². The van der Waals surface area contributed by atoms with Gasteiger partial charge in [0, 0.05) is 17.8 Å². The predicted molar refractivity (Wildman–Crippen MR) is 88.3 cm³/mol. The molecule has 0 aromatic carbocycles. The Morgan fingerprint density at radius 2 is 2.14 bits per heavy atom. The van der Waals surface area contributed by atoms with E-state index in [1.54, 1.807) is 6.07 Å². The van der Waals surface area contributed by atoms with E-state index in [0.29, 0.717) is 17.8 Å². The van der Waals surface area contributed by atoms with Gasteiger partial charge in [0.25, 0.3) is 5.91 Å². The van der Waals surface area contributed by atoms with Crippen molar-refractivity contribution in [1.29, 1.82) is 0 Å². The number of amides is 1. The highest BCUT2D eigenvalue weighted by Gasteiger charge is 2.08. The fourth-order valence-electron chi connectivity index (χ4n) is 1.61. The number of nitrogens with one attached hydrogen (secondary N) is 1. The summed E-state index contributed by atoms with van der Waals surface area (Å²) in [4.78, 5) is 14.6. The number of carbonyl (C=O) groups excluding carboxylic acids is 1. The summed E-state index contributed by atoms with van der Waals surface area (Å²) in [5.74, 6) is 5.67. The lowest BCUT2D eigenvalue weighted by Crippen LogP contribution is -2.24. The number of aliphatic hydroxyl groups excluding tert-OH is 1. The van der Waals surface area contributed by atoms with Crippen LogP contribution in [0, 0.1) is 11.8 Å². The Morgan fingerprint density at radius 3 is 2.86 bits per heavy atom. The van der Waals surface area contributed by atoms with Gasteiger partial charge in [-0.2, -0.15) is 0 Å². The summed E-state index contributed by atoms with van der Waals surface area (Å²) < 4.78 is 0.765. The number of rotatable bonds is 5. The molecule has 21 heavy (non-hydrogen) atoms. The summed E-state index contributed by atoms with van der Waals surface area (Å²) in [5, 5.41) is 11.5. The summed E-state index contributed by atoms with van der Waals surface area (Å²) >= 11 is 8.74. The Labute approximate surface area is 136 Å². The van der Waals surface area contributed by atoms with E-state index in [1.165, 1.54) is 22.7 Å². The van der Waals surface area contributed by atoms with Crippen LogP contribution in [0.4, 0.5) is 0 Å². The Kier molecular flexibility index (Phi) is 6.27. The second-order valence-electron chi connectivity index (χ2n) is 4.15. The van der Waals surface area contributed by atoms with Gasteiger partial charge in [-0.25, -0.2) is 0 Å². The van der Waals surface area contributed by atoms with Gasteiger partial charge >= 0.3 is 0 Å². The largest absolute Gasteiger partial charge is 0.395 e. The first kappa shape index (κ1) is 16.1. The van der Waals surface area contributed by atoms with Crippen molar-refractivity contribution in [2.24, 2.45) is 0 Å². The molecule has 1 amide bonds. The van der Waals surface area contributed by atoms with Gasteiger partial charge in [-0.1, -0.05) is 23.4 Å². The minimum atomic E-state index is -0.0853. The van der Waals surface area contributed by atoms with Gasteiger partial charge in [-0.05, 0) is 30.7 Å². The van der Waals surface area contributed by atoms with Gasteiger partial charge in [0.05, 0.1) is 20.7 Å². The Bertz CT molecular complexity index is 667. The fourth-order valence-corrected chi connectivity index (χ4v) is 3.49. The summed E-state index contributed by atoms with van der Waals surface area (Å²) in [6.07, 6.45) is 1.22. The van der Waals surface area contributed by atoms with Gasteiger partial charge in [0.2, 0.25) is 0 Å². The lowest BCUT2D eigenvalue weighted by Gasteiger charge is -2.01. The van der Waals surface area contributed by atoms with E-state index >= 15 is 0 Å². The third-order valence-electron chi connectivity index (χ3n) is 2.56. The van der Waals surface area contributed by atoms with Gasteiger partial charge in [0.15, 0.2) is 0 Å². The smallest absolute Gasteiger partial charge is 0.261 e. The van der Waals surface area contributed by atoms with E-state index in [-0.39, 0.29) is 12.5 Å². The molecule has 0 aliphatic heterocycles. The normalized spacial score (nSPS) is 10.0. The molecule has 0 aliphatic carbocycles. The monoisotopic (exact) mass is 339 g/mol. The second-order valence-corrected chi connectivity index (χ2v) is 7.03. The van der Waals surface area contributed by atoms with Crippen LogP contribution in [0.5, 0.6) is 0 Å². The summed E-state index contributed by atoms with van der Waals surface area (Å²) in [6.45, 7) is 0.636. The van der Waals surface area contributed by atoms with Crippen LogP contribution < -0.4 is 5.32 Å². The van der Waals surface area contributed by atoms with E-state index in [4.69, 9.17) is 16.7 Å². The molecule has 2 heterocycles. The van der Waals surface area contributed by atoms with Crippen LogP contribution in [-0.2, 0) is 6.42 Å². The number of aliphatic hydroxyl groups is 1. The molecule has 0 spiro atoms. The summed E-state index contributed by atoms with van der Waals surface area (Å²) in [7, 11) is 0. The number of hydrogen-bond acceptors (Lipinski definition) is 4. The van der Waals surface area contributed by atoms with Crippen molar-refractivity contribution in [1.82, 2.24) is 5.32 Å². The van der Waals surface area contributed by atoms with Crippen molar-refractivity contribution in [3.8, 4) is 11.8 Å². The molecule has 2 aromatic rings. The van der Waals surface area contributed by atoms with Crippen molar-refractivity contribution in [2.75, 3.05) is 13.2 Å². The molecule has 0 atom stereocenters. The molecule has 0 saturated carbocycles. The van der Waals surface area contributed by atoms with E-state index in [9.17, 15) is 4.79 Å². The van der Waals surface area contributed by atoms with Gasteiger partial charge in [-0.15, -0.1) is 22.7 Å². The van der Waals surface area contributed by atoms with Crippen LogP contribution in [0.25, 0.3) is 0 Å². The minimum absolute atomic E-state index is 0.0540. The molecule has 0 unspecified atom stereocenters. The predicted octanol–water partition coefficient (Wildman–Crippen LogP) is 3.17. The maximum absolute atomic E-state index is 12.0. The molecule has 2 aromatic heterocycles. The van der Waals surface area contributed by atoms with Crippen LogP contribution in [0.2, 0.25) is 4.34 Å². The zero-order valence-electron chi connectivity index (χ0n) is 11.2. The zero-order chi connectivity index (χ0) is 15.1. The lowest BCUT2D eigenvalue weighted by atomic mass is 10.3. The molecule has 0 aliphatic rings. The molecule has 0 radical (unpaired) electrons. The van der Waals surface area contributed by atoms with Crippen LogP contribution in [0.3, 0.4) is 0 Å². The van der Waals surface area contributed by atoms with Crippen LogP contribution in [-0.4, -0.2) is 24.2 Å². The van der Waals surface area contributed by atoms with Crippen molar-refractivity contribution in [2.45, 2.75) is 12.8 Å². The molecule has 0 fully saturated rings. The molecule has 0 bridgehead atoms. The van der Waals surface area contributed by atoms with Crippen LogP contribution >= 0.6 is 34.3 Å². The maximum Gasteiger partial charge on any atom is 0.261 e. The molecule has 0 saturated heterocycles. The minimum Gasteiger partial charge on any atom is -0.395 e. The molecule has 3 nitrogen and oxygen atoms in total. The molecule has 2 rings (SSSR count). The van der Waals surface area contributed by atoms with Gasteiger partial charge in [-0.3, -0.25) is 4.79 Å². The first-order valence-corrected chi connectivity index (χ1v) is 8.42. The highest BCUT2D eigenvalue weighted by molar-refractivity contribution is 7.16. The zero-order valence-corrected chi connectivity index (χ0v) is 13.6. The number of carbonyl (C=O) groups is 1. The Morgan fingerprint density at radius 1 is 1.29 bits per heavy atom. The number of halogens is 1. The highest BCUT2D eigenvalue weighted by Crippen LogP contribution is 2.21. The average molecular weight is 340 g/mol. The number of hydrogen-bond donors (Lipinski definition) is 2. The van der Waals surface area contributed by atoms with Crippen LogP contribution in [0.1, 0.15) is 25.8 Å². The lowest BCUT2D eigenvalue weighted by molar-refractivity contribution is 0.0958. The van der Waals surface area contributed by atoms with Crippen molar-refractivity contribution in [3.63, 3.8) is 0 Å². The summed E-state index contributed by atoms with van der Waals surface area (Å²) in [5.41, 5.74) is 0. The van der Waals surface area contributed by atoms with Gasteiger partial charge in [0.1, 0.15) is 0 Å². The van der Waals surface area contributed by atoms with Crippen molar-refractivity contribution in [3.05, 3.63) is 43.2 Å². The number of thiophene rings is 2. The highest BCUT2D eigenvalue weighted by atomic mass is 35.5. The average Bonchev–Trinajstić information content (AvgIpc) is 3.08. The van der Waals surface area contributed by atoms with E-state index in [1.807, 2.05) is 18.2 Å². The van der Waals surface area contributed by atoms with Crippen molar-refractivity contribution >= 4 is 40.2 Å². The van der Waals surface area contributed by atoms with Crippen LogP contribution in [0.15, 0.2) is 24.3 Å². The molecular formula is C15H14ClNO2S2. The third kappa shape index (κ3) is 5.18. The first-order valence-electron chi connectivity index (χ1n) is 6.41. The molecule has 6 heteroatoms. The van der Waals surface area contributed by atoms with E-state index < -0.39 is 0 Å². The maximum atomic E-state index is 12.0.